The average Bonchev–Trinajstić information content (AvgIpc) is 1.95. The normalized spacial score (nSPS) is 8.80. The minimum atomic E-state index is 0.00840. The summed E-state index contributed by atoms with van der Waals surface area (Å²) < 4.78 is 0. The predicted octanol–water partition coefficient (Wildman–Crippen LogP) is 2.60. The van der Waals surface area contributed by atoms with Gasteiger partial charge in [-0.05, 0) is 12.1 Å². The summed E-state index contributed by atoms with van der Waals surface area (Å²) in [7, 11) is 0. The Labute approximate surface area is 63.5 Å². The summed E-state index contributed by atoms with van der Waals surface area (Å²) in [4.78, 5) is 3.13. The first-order chi connectivity index (χ1) is 4.74. The number of hydrogen-bond acceptors (Lipinski definition) is 1. The van der Waals surface area contributed by atoms with Gasteiger partial charge in [0, 0.05) is 0 Å². The molecular formula is C7H4ClNO. The molecule has 0 radical (unpaired) electrons. The van der Waals surface area contributed by atoms with Gasteiger partial charge in [-0.15, -0.1) is 0 Å². The van der Waals surface area contributed by atoms with Gasteiger partial charge < -0.3 is 5.11 Å². The van der Waals surface area contributed by atoms with E-state index in [0.29, 0.717) is 5.69 Å². The summed E-state index contributed by atoms with van der Waals surface area (Å²) in [6.45, 7) is 6.60. The van der Waals surface area contributed by atoms with Crippen LogP contribution in [0.2, 0.25) is 5.02 Å². The highest BCUT2D eigenvalue weighted by Crippen LogP contribution is 2.27. The van der Waals surface area contributed by atoms with Crippen LogP contribution in [-0.4, -0.2) is 5.11 Å². The van der Waals surface area contributed by atoms with Crippen molar-refractivity contribution < 1.29 is 5.11 Å². The molecule has 0 saturated heterocycles. The van der Waals surface area contributed by atoms with Crippen molar-refractivity contribution in [3.05, 3.63) is 34.6 Å². The van der Waals surface area contributed by atoms with Crippen molar-refractivity contribution in [2.45, 2.75) is 0 Å². The van der Waals surface area contributed by atoms with Crippen LogP contribution in [0.5, 0.6) is 5.75 Å². The molecule has 0 unspecified atom stereocenters. The minimum absolute atomic E-state index is 0.00840. The number of halogens is 1. The second-order valence-corrected chi connectivity index (χ2v) is 2.15. The second-order valence-electron chi connectivity index (χ2n) is 1.75. The lowest BCUT2D eigenvalue weighted by atomic mass is 10.3. The molecule has 0 aliphatic heterocycles. The first-order valence-electron chi connectivity index (χ1n) is 2.60. The van der Waals surface area contributed by atoms with E-state index < -0.39 is 0 Å². The van der Waals surface area contributed by atoms with Gasteiger partial charge in [0.1, 0.15) is 5.75 Å². The molecule has 1 rings (SSSR count). The van der Waals surface area contributed by atoms with Crippen LogP contribution >= 0.6 is 11.6 Å². The zero-order valence-electron chi connectivity index (χ0n) is 5.00. The van der Waals surface area contributed by atoms with Crippen LogP contribution in [0.4, 0.5) is 5.69 Å². The van der Waals surface area contributed by atoms with E-state index in [9.17, 15) is 0 Å². The molecule has 3 heteroatoms. The van der Waals surface area contributed by atoms with Crippen molar-refractivity contribution in [3.8, 4) is 5.75 Å². The van der Waals surface area contributed by atoms with Crippen molar-refractivity contribution in [2.24, 2.45) is 0 Å². The fraction of sp³-hybridized carbons (Fsp3) is 0. The maximum atomic E-state index is 8.90. The topological polar surface area (TPSA) is 24.6 Å². The Bertz CT molecular complexity index is 290. The fourth-order valence-corrected chi connectivity index (χ4v) is 0.740. The smallest absolute Gasteiger partial charge is 0.188 e. The highest BCUT2D eigenvalue weighted by Gasteiger charge is 1.97. The van der Waals surface area contributed by atoms with Gasteiger partial charge in [-0.3, -0.25) is 0 Å². The molecule has 2 nitrogen and oxygen atoms in total. The van der Waals surface area contributed by atoms with E-state index in [-0.39, 0.29) is 10.8 Å². The predicted molar refractivity (Wildman–Crippen MR) is 39.4 cm³/mol. The number of nitrogens with zero attached hydrogens (tertiary/aromatic N) is 1. The molecule has 50 valence electrons. The van der Waals surface area contributed by atoms with E-state index in [1.807, 2.05) is 0 Å². The third-order valence-electron chi connectivity index (χ3n) is 1.06. The Kier molecular flexibility index (Phi) is 1.79. The number of rotatable bonds is 0. The number of hydrogen-bond donors (Lipinski definition) is 1. The highest BCUT2D eigenvalue weighted by atomic mass is 35.5. The standard InChI is InChI=1S/C7H4ClNO/c1-9-5-2-3-7(10)6(8)4-5/h2-4,10H. The van der Waals surface area contributed by atoms with Crippen LogP contribution in [-0.2, 0) is 0 Å². The van der Waals surface area contributed by atoms with Crippen molar-refractivity contribution >= 4 is 17.3 Å². The van der Waals surface area contributed by atoms with E-state index >= 15 is 0 Å². The van der Waals surface area contributed by atoms with Gasteiger partial charge in [0.05, 0.1) is 11.6 Å². The number of benzene rings is 1. The maximum Gasteiger partial charge on any atom is 0.188 e. The van der Waals surface area contributed by atoms with Crippen molar-refractivity contribution in [2.75, 3.05) is 0 Å². The van der Waals surface area contributed by atoms with Crippen LogP contribution in [0, 0.1) is 6.57 Å². The molecule has 0 aliphatic rings. The summed E-state index contributed by atoms with van der Waals surface area (Å²) in [5, 5.41) is 9.12. The summed E-state index contributed by atoms with van der Waals surface area (Å²) in [5.41, 5.74) is 0.433. The van der Waals surface area contributed by atoms with Gasteiger partial charge in [-0.25, -0.2) is 4.85 Å². The number of phenolic OH excluding ortho intramolecular Hbond substituents is 1. The van der Waals surface area contributed by atoms with E-state index in [2.05, 4.69) is 4.85 Å². The molecule has 0 atom stereocenters. The summed E-state index contributed by atoms with van der Waals surface area (Å²) in [6.07, 6.45) is 0. The minimum Gasteiger partial charge on any atom is -0.507 e. The van der Waals surface area contributed by atoms with Crippen LogP contribution < -0.4 is 0 Å². The average molecular weight is 154 g/mol. The van der Waals surface area contributed by atoms with Gasteiger partial charge in [0.2, 0.25) is 0 Å². The zero-order chi connectivity index (χ0) is 7.56. The highest BCUT2D eigenvalue weighted by molar-refractivity contribution is 6.32. The van der Waals surface area contributed by atoms with Gasteiger partial charge in [-0.1, -0.05) is 17.7 Å². The largest absolute Gasteiger partial charge is 0.507 e. The Morgan fingerprint density at radius 3 is 2.70 bits per heavy atom. The molecular weight excluding hydrogens is 150 g/mol. The van der Waals surface area contributed by atoms with Crippen LogP contribution in [0.25, 0.3) is 4.85 Å². The molecule has 0 aliphatic carbocycles. The van der Waals surface area contributed by atoms with E-state index in [4.69, 9.17) is 23.3 Å². The molecule has 1 aromatic carbocycles. The summed E-state index contributed by atoms with van der Waals surface area (Å²) in [6, 6.07) is 4.33. The molecule has 0 heterocycles. The number of phenols is 1. The van der Waals surface area contributed by atoms with Gasteiger partial charge >= 0.3 is 0 Å². The lowest BCUT2D eigenvalue weighted by Gasteiger charge is -1.93. The van der Waals surface area contributed by atoms with E-state index in [0.717, 1.165) is 0 Å². The quantitative estimate of drug-likeness (QED) is 0.570. The molecule has 0 aromatic heterocycles. The van der Waals surface area contributed by atoms with Gasteiger partial charge in [0.15, 0.2) is 5.69 Å². The van der Waals surface area contributed by atoms with Crippen LogP contribution in [0.3, 0.4) is 0 Å². The monoisotopic (exact) mass is 153 g/mol. The third kappa shape index (κ3) is 1.20. The lowest BCUT2D eigenvalue weighted by molar-refractivity contribution is 0.475. The Morgan fingerprint density at radius 2 is 2.20 bits per heavy atom. The SMILES string of the molecule is [C-]#[N+]c1ccc(O)c(Cl)c1. The summed E-state index contributed by atoms with van der Waals surface area (Å²) >= 11 is 5.50. The number of aromatic hydroxyl groups is 1. The van der Waals surface area contributed by atoms with Gasteiger partial charge in [0.25, 0.3) is 0 Å². The molecule has 1 aromatic rings. The Balaban J connectivity index is 3.20. The molecule has 0 saturated carbocycles. The van der Waals surface area contributed by atoms with Crippen molar-refractivity contribution in [3.63, 3.8) is 0 Å². The zero-order valence-corrected chi connectivity index (χ0v) is 5.76. The summed E-state index contributed by atoms with van der Waals surface area (Å²) in [5.74, 6) is 0.00840. The molecule has 0 amide bonds. The first-order valence-corrected chi connectivity index (χ1v) is 2.98. The molecule has 0 fully saturated rings. The van der Waals surface area contributed by atoms with E-state index in [1.165, 1.54) is 18.2 Å². The third-order valence-corrected chi connectivity index (χ3v) is 1.36. The van der Waals surface area contributed by atoms with Crippen molar-refractivity contribution in [1.82, 2.24) is 0 Å². The maximum absolute atomic E-state index is 8.90. The van der Waals surface area contributed by atoms with Gasteiger partial charge in [-0.2, -0.15) is 0 Å². The Morgan fingerprint density at radius 1 is 1.50 bits per heavy atom. The fourth-order valence-electron chi connectivity index (χ4n) is 0.565. The second kappa shape index (κ2) is 2.59. The molecule has 10 heavy (non-hydrogen) atoms. The molecule has 1 N–H and O–H groups in total. The van der Waals surface area contributed by atoms with E-state index in [1.54, 1.807) is 0 Å². The first kappa shape index (κ1) is 6.91. The van der Waals surface area contributed by atoms with Crippen LogP contribution in [0.1, 0.15) is 0 Å². The molecule has 0 bridgehead atoms. The van der Waals surface area contributed by atoms with Crippen LogP contribution in [0.15, 0.2) is 18.2 Å². The molecule has 0 spiro atoms. The lowest BCUT2D eigenvalue weighted by Crippen LogP contribution is -1.65. The Hall–Kier alpha value is -1.20. The van der Waals surface area contributed by atoms with Crippen molar-refractivity contribution in [1.29, 1.82) is 0 Å².